The lowest BCUT2D eigenvalue weighted by Gasteiger charge is -2.28. The minimum absolute atomic E-state index is 0.808. The quantitative estimate of drug-likeness (QED) is 0.188. The highest BCUT2D eigenvalue weighted by molar-refractivity contribution is 6.23. The summed E-state index contributed by atoms with van der Waals surface area (Å²) in [6, 6.07) is 59.3. The summed E-state index contributed by atoms with van der Waals surface area (Å²) >= 11 is 0. The smallest absolute Gasteiger partial charge is 0.216 e. The van der Waals surface area contributed by atoms with E-state index in [1.165, 1.54) is 65.8 Å². The summed E-state index contributed by atoms with van der Waals surface area (Å²) in [6.07, 6.45) is 0. The van der Waals surface area contributed by atoms with Gasteiger partial charge >= 0.3 is 0 Å². The van der Waals surface area contributed by atoms with E-state index in [0.717, 1.165) is 29.6 Å². The molecule has 0 amide bonds. The van der Waals surface area contributed by atoms with Gasteiger partial charge in [-0.3, -0.25) is 4.90 Å². The molecule has 0 radical (unpaired) electrons. The molecule has 0 atom stereocenters. The van der Waals surface area contributed by atoms with Crippen LogP contribution in [0.25, 0.3) is 54.6 Å². The number of fused-ring (bicyclic) bond motifs is 7. The minimum atomic E-state index is 0.808. The molecule has 47 heavy (non-hydrogen) atoms. The van der Waals surface area contributed by atoms with Gasteiger partial charge in [-0.05, 0) is 96.5 Å². The Morgan fingerprint density at radius 1 is 0.447 bits per heavy atom. The minimum Gasteiger partial charge on any atom is -0.305 e. The largest absolute Gasteiger partial charge is 0.305 e. The van der Waals surface area contributed by atoms with Gasteiger partial charge in [-0.1, -0.05) is 127 Å². The Kier molecular flexibility index (Phi) is 5.64. The van der Waals surface area contributed by atoms with Crippen molar-refractivity contribution in [2.24, 2.45) is 4.99 Å². The van der Waals surface area contributed by atoms with Crippen LogP contribution in [0.1, 0.15) is 5.56 Å². The predicted octanol–water partition coefficient (Wildman–Crippen LogP) is 11.6. The molecule has 0 unspecified atom stereocenters. The molecular weight excluding hydrogens is 571 g/mol. The molecule has 2 aliphatic rings. The highest BCUT2D eigenvalue weighted by Gasteiger charge is 2.36. The van der Waals surface area contributed by atoms with Gasteiger partial charge in [-0.15, -0.1) is 0 Å². The van der Waals surface area contributed by atoms with Crippen molar-refractivity contribution in [3.8, 4) is 22.3 Å². The Morgan fingerprint density at radius 3 is 1.72 bits per heavy atom. The number of guanidine groups is 1. The van der Waals surface area contributed by atoms with Crippen molar-refractivity contribution in [2.45, 2.75) is 6.54 Å². The molecule has 0 aromatic heterocycles. The van der Waals surface area contributed by atoms with Crippen molar-refractivity contribution in [2.75, 3.05) is 9.80 Å². The van der Waals surface area contributed by atoms with Gasteiger partial charge in [0.1, 0.15) is 0 Å². The van der Waals surface area contributed by atoms with Crippen LogP contribution in [-0.2, 0) is 6.54 Å². The van der Waals surface area contributed by atoms with Gasteiger partial charge in [0.2, 0.25) is 5.96 Å². The zero-order valence-electron chi connectivity index (χ0n) is 25.6. The van der Waals surface area contributed by atoms with Gasteiger partial charge in [0.05, 0.1) is 23.6 Å². The number of hydrogen-bond acceptors (Lipinski definition) is 3. The zero-order valence-corrected chi connectivity index (χ0v) is 25.6. The molecule has 0 fully saturated rings. The molecule has 0 N–H and O–H groups in total. The maximum absolute atomic E-state index is 5.17. The average molecular weight is 600 g/mol. The molecule has 3 heteroatoms. The molecule has 8 aromatic rings. The fourth-order valence-corrected chi connectivity index (χ4v) is 7.64. The molecule has 8 aromatic carbocycles. The third-order valence-electron chi connectivity index (χ3n) is 9.78. The fraction of sp³-hybridized carbons (Fsp3) is 0.0227. The van der Waals surface area contributed by atoms with Crippen molar-refractivity contribution < 1.29 is 0 Å². The van der Waals surface area contributed by atoms with Crippen LogP contribution < -0.4 is 9.80 Å². The molecule has 3 nitrogen and oxygen atoms in total. The van der Waals surface area contributed by atoms with E-state index in [-0.39, 0.29) is 0 Å². The molecule has 2 aliphatic heterocycles. The van der Waals surface area contributed by atoms with E-state index >= 15 is 0 Å². The first-order chi connectivity index (χ1) is 23.3. The maximum Gasteiger partial charge on any atom is 0.216 e. The molecule has 0 aliphatic carbocycles. The molecular formula is C44H29N3. The molecule has 220 valence electrons. The Hall–Kier alpha value is -6.19. The number of aliphatic imine (C=N–C) groups is 1. The second kappa shape index (κ2) is 10.2. The Balaban J connectivity index is 1.14. The summed E-state index contributed by atoms with van der Waals surface area (Å²) in [5.41, 5.74) is 10.7. The van der Waals surface area contributed by atoms with E-state index in [0.29, 0.717) is 0 Å². The zero-order chi connectivity index (χ0) is 30.9. The van der Waals surface area contributed by atoms with Crippen molar-refractivity contribution in [1.29, 1.82) is 0 Å². The van der Waals surface area contributed by atoms with E-state index in [1.54, 1.807) is 0 Å². The highest BCUT2D eigenvalue weighted by atomic mass is 15.4. The second-order valence-corrected chi connectivity index (χ2v) is 12.4. The van der Waals surface area contributed by atoms with Crippen LogP contribution in [0.4, 0.5) is 22.7 Å². The first-order valence-corrected chi connectivity index (χ1v) is 16.2. The van der Waals surface area contributed by atoms with Crippen LogP contribution in [-0.4, -0.2) is 5.96 Å². The van der Waals surface area contributed by atoms with E-state index in [4.69, 9.17) is 4.99 Å². The number of anilines is 3. The van der Waals surface area contributed by atoms with Crippen LogP contribution in [0.3, 0.4) is 0 Å². The van der Waals surface area contributed by atoms with Crippen LogP contribution in [0, 0.1) is 0 Å². The van der Waals surface area contributed by atoms with E-state index < -0.39 is 0 Å². The normalized spacial score (nSPS) is 13.5. The van der Waals surface area contributed by atoms with Gasteiger partial charge in [0.15, 0.2) is 0 Å². The fourth-order valence-electron chi connectivity index (χ4n) is 7.64. The van der Waals surface area contributed by atoms with E-state index in [9.17, 15) is 0 Å². The van der Waals surface area contributed by atoms with Crippen molar-refractivity contribution in [1.82, 2.24) is 0 Å². The number of para-hydroxylation sites is 3. The molecule has 0 bridgehead atoms. The first kappa shape index (κ1) is 26.1. The summed E-state index contributed by atoms with van der Waals surface area (Å²) in [4.78, 5) is 9.80. The Labute approximate surface area is 273 Å². The van der Waals surface area contributed by atoms with Crippen LogP contribution >= 0.6 is 0 Å². The molecule has 0 saturated heterocycles. The molecule has 0 saturated carbocycles. The van der Waals surface area contributed by atoms with Crippen molar-refractivity contribution in [3.63, 3.8) is 0 Å². The molecule has 10 rings (SSSR count). The lowest BCUT2D eigenvalue weighted by atomic mass is 9.85. The third kappa shape index (κ3) is 3.96. The monoisotopic (exact) mass is 599 g/mol. The predicted molar refractivity (Wildman–Crippen MR) is 198 cm³/mol. The number of nitrogens with zero attached hydrogens (tertiary/aromatic N) is 3. The standard InChI is InChI=1S/C44H29N3/c1-2-12-31-27-32(22-21-29(31)11-1)43-37-16-6-4-14-35(37)42(36-15-5-7-17-38(36)43)30-23-25-34(26-24-30)47-41-20-10-9-19-40(41)46-28-33-13-3-8-18-39(33)45-44(46)47/h1-27H,28H2. The van der Waals surface area contributed by atoms with Crippen LogP contribution in [0.15, 0.2) is 169 Å². The third-order valence-corrected chi connectivity index (χ3v) is 9.78. The topological polar surface area (TPSA) is 18.8 Å². The van der Waals surface area contributed by atoms with Crippen LogP contribution in [0.5, 0.6) is 0 Å². The summed E-state index contributed by atoms with van der Waals surface area (Å²) in [6.45, 7) is 0.808. The second-order valence-electron chi connectivity index (χ2n) is 12.4. The Bertz CT molecular complexity index is 2510. The number of benzene rings is 8. The summed E-state index contributed by atoms with van der Waals surface area (Å²) < 4.78 is 0. The maximum atomic E-state index is 5.17. The van der Waals surface area contributed by atoms with E-state index in [1.807, 2.05) is 0 Å². The lowest BCUT2D eigenvalue weighted by Crippen LogP contribution is -2.37. The molecule has 0 spiro atoms. The SMILES string of the molecule is c1ccc2c(c1)CN1C(=N2)N(c2ccc(-c3c4ccccc4c(-c4ccc5ccccc5c4)c4ccccc34)cc2)c2ccccc21. The summed E-state index contributed by atoms with van der Waals surface area (Å²) in [7, 11) is 0. The highest BCUT2D eigenvalue weighted by Crippen LogP contribution is 2.47. The number of hydrogen-bond donors (Lipinski definition) is 0. The first-order valence-electron chi connectivity index (χ1n) is 16.2. The molecule has 2 heterocycles. The van der Waals surface area contributed by atoms with Gasteiger partial charge in [-0.25, -0.2) is 4.99 Å². The van der Waals surface area contributed by atoms with Crippen LogP contribution in [0.2, 0.25) is 0 Å². The van der Waals surface area contributed by atoms with Gasteiger partial charge in [-0.2, -0.15) is 0 Å². The van der Waals surface area contributed by atoms with Crippen molar-refractivity contribution in [3.05, 3.63) is 169 Å². The van der Waals surface area contributed by atoms with Crippen molar-refractivity contribution >= 4 is 61.0 Å². The van der Waals surface area contributed by atoms with Gasteiger partial charge in [0.25, 0.3) is 0 Å². The van der Waals surface area contributed by atoms with E-state index in [2.05, 4.69) is 174 Å². The van der Waals surface area contributed by atoms with Gasteiger partial charge < -0.3 is 4.90 Å². The summed E-state index contributed by atoms with van der Waals surface area (Å²) in [5.74, 6) is 0.952. The average Bonchev–Trinajstić information content (AvgIpc) is 3.45. The summed E-state index contributed by atoms with van der Waals surface area (Å²) in [5, 5.41) is 7.56. The Morgan fingerprint density at radius 2 is 1.00 bits per heavy atom. The van der Waals surface area contributed by atoms with Gasteiger partial charge in [0, 0.05) is 5.69 Å². The number of rotatable bonds is 3. The lowest BCUT2D eigenvalue weighted by molar-refractivity contribution is 0.985.